The lowest BCUT2D eigenvalue weighted by molar-refractivity contribution is 0.0988. The number of carbonyl (C=O) groups is 1. The Morgan fingerprint density at radius 3 is 2.77 bits per heavy atom. The van der Waals surface area contributed by atoms with Crippen molar-refractivity contribution < 1.29 is 14.3 Å². The second-order valence-corrected chi connectivity index (χ2v) is 9.37. The maximum Gasteiger partial charge on any atom is 0.185 e. The first-order valence-corrected chi connectivity index (χ1v) is 10.5. The summed E-state index contributed by atoms with van der Waals surface area (Å²) in [6.07, 6.45) is 3.44. The number of ketones is 1. The number of carbonyl (C=O) groups excluding carboxylic acids is 1. The van der Waals surface area contributed by atoms with Gasteiger partial charge in [0.05, 0.1) is 16.7 Å². The topological polar surface area (TPSA) is 112 Å². The van der Waals surface area contributed by atoms with Crippen molar-refractivity contribution in [1.29, 1.82) is 5.26 Å². The van der Waals surface area contributed by atoms with Gasteiger partial charge in [-0.2, -0.15) is 5.26 Å². The maximum absolute atomic E-state index is 14.8. The van der Waals surface area contributed by atoms with Crippen molar-refractivity contribution in [3.05, 3.63) is 75.7 Å². The SMILES string of the molecule is CC(C)(O)/C=C1/C[C@@](C)(c2cc(CC(=O)c3ccc(C#N)cn3)ccc2F)N=C(N)S1. The molecule has 1 atom stereocenters. The average Bonchev–Trinajstić information content (AvgIpc) is 2.67. The van der Waals surface area contributed by atoms with Gasteiger partial charge in [0.15, 0.2) is 11.0 Å². The number of hydrogen-bond acceptors (Lipinski definition) is 7. The van der Waals surface area contributed by atoms with Gasteiger partial charge < -0.3 is 10.8 Å². The number of rotatable bonds is 5. The zero-order chi connectivity index (χ0) is 22.8. The first kappa shape index (κ1) is 22.7. The number of aliphatic hydroxyl groups is 1. The number of nitrogens with two attached hydrogens (primary N) is 1. The Balaban J connectivity index is 1.91. The summed E-state index contributed by atoms with van der Waals surface area (Å²) in [6, 6.07) is 9.50. The Labute approximate surface area is 184 Å². The molecule has 8 heteroatoms. The van der Waals surface area contributed by atoms with Crippen LogP contribution in [-0.4, -0.2) is 26.6 Å². The minimum Gasteiger partial charge on any atom is -0.386 e. The molecule has 3 N–H and O–H groups in total. The summed E-state index contributed by atoms with van der Waals surface area (Å²) in [5.74, 6) is -0.682. The molecule has 0 unspecified atom stereocenters. The smallest absolute Gasteiger partial charge is 0.185 e. The Morgan fingerprint density at radius 1 is 1.42 bits per heavy atom. The number of Topliss-reactive ketones (excluding diaryl/α,β-unsaturated/α-hetero) is 1. The predicted octanol–water partition coefficient (Wildman–Crippen LogP) is 3.84. The Bertz CT molecular complexity index is 1110. The lowest BCUT2D eigenvalue weighted by Crippen LogP contribution is -2.30. The molecule has 0 aliphatic carbocycles. The second kappa shape index (κ2) is 8.61. The Hall–Kier alpha value is -3.02. The third-order valence-corrected chi connectivity index (χ3v) is 5.60. The molecule has 1 aromatic heterocycles. The molecule has 0 radical (unpaired) electrons. The molecule has 160 valence electrons. The largest absolute Gasteiger partial charge is 0.386 e. The molecule has 0 saturated carbocycles. The van der Waals surface area contributed by atoms with Gasteiger partial charge in [0.25, 0.3) is 0 Å². The summed E-state index contributed by atoms with van der Waals surface area (Å²) in [5, 5.41) is 19.3. The van der Waals surface area contributed by atoms with Crippen molar-refractivity contribution >= 4 is 22.7 Å². The van der Waals surface area contributed by atoms with Crippen LogP contribution in [0.15, 0.2) is 52.5 Å². The number of halogens is 1. The van der Waals surface area contributed by atoms with Gasteiger partial charge in [-0.15, -0.1) is 0 Å². The van der Waals surface area contributed by atoms with Gasteiger partial charge in [0.2, 0.25) is 0 Å². The monoisotopic (exact) mass is 438 g/mol. The molecule has 0 saturated heterocycles. The van der Waals surface area contributed by atoms with E-state index in [1.54, 1.807) is 39.0 Å². The van der Waals surface area contributed by atoms with E-state index in [2.05, 4.69) is 9.98 Å². The van der Waals surface area contributed by atoms with Crippen molar-refractivity contribution in [2.75, 3.05) is 0 Å². The van der Waals surface area contributed by atoms with Gasteiger partial charge in [-0.25, -0.2) is 4.39 Å². The minimum atomic E-state index is -1.04. The van der Waals surface area contributed by atoms with Crippen LogP contribution in [0.4, 0.5) is 4.39 Å². The molecule has 1 aliphatic heterocycles. The van der Waals surface area contributed by atoms with E-state index < -0.39 is 17.0 Å². The molecule has 0 fully saturated rings. The number of nitriles is 1. The van der Waals surface area contributed by atoms with Crippen LogP contribution in [0.2, 0.25) is 0 Å². The number of benzene rings is 1. The van der Waals surface area contributed by atoms with Crippen molar-refractivity contribution in [3.63, 3.8) is 0 Å². The zero-order valence-corrected chi connectivity index (χ0v) is 18.3. The van der Waals surface area contributed by atoms with Gasteiger partial charge in [0.1, 0.15) is 17.6 Å². The standard InChI is InChI=1S/C23H23FN4O2S/c1-22(2,30)10-16-11-23(3,28-21(26)31-16)17-8-14(4-6-18(17)24)9-20(29)19-7-5-15(12-25)13-27-19/h4-8,10,13,30H,9,11H2,1-3H3,(H2,26,28)/b16-10-/t23-/m0/s1. The van der Waals surface area contributed by atoms with Gasteiger partial charge in [0, 0.05) is 24.6 Å². The minimum absolute atomic E-state index is 0.0303. The summed E-state index contributed by atoms with van der Waals surface area (Å²) < 4.78 is 14.8. The Morgan fingerprint density at radius 2 is 2.16 bits per heavy atom. The van der Waals surface area contributed by atoms with Gasteiger partial charge in [-0.05, 0) is 61.6 Å². The normalized spacial score (nSPS) is 20.3. The summed E-state index contributed by atoms with van der Waals surface area (Å²) in [5.41, 5.74) is 5.55. The molecule has 3 rings (SSSR count). The predicted molar refractivity (Wildman–Crippen MR) is 119 cm³/mol. The van der Waals surface area contributed by atoms with Crippen LogP contribution in [0.25, 0.3) is 0 Å². The Kier molecular flexibility index (Phi) is 6.30. The van der Waals surface area contributed by atoms with Crippen LogP contribution in [0.5, 0.6) is 0 Å². The van der Waals surface area contributed by atoms with E-state index in [0.29, 0.717) is 23.1 Å². The lowest BCUT2D eigenvalue weighted by atomic mass is 9.86. The van der Waals surface area contributed by atoms with E-state index in [0.717, 1.165) is 4.91 Å². The molecule has 6 nitrogen and oxygen atoms in total. The van der Waals surface area contributed by atoms with Crippen molar-refractivity contribution in [2.45, 2.75) is 44.8 Å². The van der Waals surface area contributed by atoms with Gasteiger partial charge in [-0.1, -0.05) is 17.8 Å². The fourth-order valence-corrected chi connectivity index (χ4v) is 4.66. The molecular weight excluding hydrogens is 415 g/mol. The summed E-state index contributed by atoms with van der Waals surface area (Å²) in [7, 11) is 0. The molecule has 1 aromatic carbocycles. The van der Waals surface area contributed by atoms with Crippen LogP contribution < -0.4 is 5.73 Å². The van der Waals surface area contributed by atoms with Crippen molar-refractivity contribution in [2.24, 2.45) is 10.7 Å². The highest BCUT2D eigenvalue weighted by Crippen LogP contribution is 2.42. The van der Waals surface area contributed by atoms with Crippen molar-refractivity contribution in [3.8, 4) is 6.07 Å². The third kappa shape index (κ3) is 5.57. The number of aliphatic imine (C=N–C) groups is 1. The number of aromatic nitrogens is 1. The number of nitrogens with zero attached hydrogens (tertiary/aromatic N) is 3. The highest BCUT2D eigenvalue weighted by atomic mass is 32.2. The molecule has 0 amide bonds. The number of thioether (sulfide) groups is 1. The number of pyridine rings is 1. The fourth-order valence-electron chi connectivity index (χ4n) is 3.44. The molecule has 2 heterocycles. The lowest BCUT2D eigenvalue weighted by Gasteiger charge is -2.32. The quantitative estimate of drug-likeness (QED) is 0.686. The highest BCUT2D eigenvalue weighted by Gasteiger charge is 2.35. The van der Waals surface area contributed by atoms with E-state index >= 15 is 0 Å². The number of amidine groups is 1. The first-order chi connectivity index (χ1) is 14.5. The first-order valence-electron chi connectivity index (χ1n) is 9.65. The van der Waals surface area contributed by atoms with Gasteiger partial charge in [-0.3, -0.25) is 14.8 Å². The van der Waals surface area contributed by atoms with E-state index in [-0.39, 0.29) is 23.1 Å². The van der Waals surface area contributed by atoms with Crippen LogP contribution in [-0.2, 0) is 12.0 Å². The summed E-state index contributed by atoms with van der Waals surface area (Å²) >= 11 is 1.25. The highest BCUT2D eigenvalue weighted by molar-refractivity contribution is 8.17. The molecule has 31 heavy (non-hydrogen) atoms. The van der Waals surface area contributed by atoms with E-state index in [9.17, 15) is 14.3 Å². The zero-order valence-electron chi connectivity index (χ0n) is 17.5. The molecule has 2 aromatic rings. The summed E-state index contributed by atoms with van der Waals surface area (Å²) in [4.78, 5) is 21.9. The van der Waals surface area contributed by atoms with Crippen LogP contribution in [0.3, 0.4) is 0 Å². The molecule has 0 bridgehead atoms. The fraction of sp³-hybridized carbons (Fsp3) is 0.304. The van der Waals surface area contributed by atoms with E-state index in [4.69, 9.17) is 11.0 Å². The van der Waals surface area contributed by atoms with E-state index in [1.165, 1.54) is 36.2 Å². The van der Waals surface area contributed by atoms with Crippen molar-refractivity contribution in [1.82, 2.24) is 4.98 Å². The average molecular weight is 439 g/mol. The molecule has 1 aliphatic rings. The molecular formula is C23H23FN4O2S. The van der Waals surface area contributed by atoms with Crippen LogP contribution in [0.1, 0.15) is 54.4 Å². The summed E-state index contributed by atoms with van der Waals surface area (Å²) in [6.45, 7) is 5.09. The second-order valence-electron chi connectivity index (χ2n) is 8.23. The van der Waals surface area contributed by atoms with E-state index in [1.807, 2.05) is 6.07 Å². The maximum atomic E-state index is 14.8. The number of hydrogen-bond donors (Lipinski definition) is 2. The third-order valence-electron chi connectivity index (χ3n) is 4.78. The molecule has 0 spiro atoms. The van der Waals surface area contributed by atoms with Crippen LogP contribution in [0, 0.1) is 17.1 Å². The van der Waals surface area contributed by atoms with Crippen LogP contribution >= 0.6 is 11.8 Å². The van der Waals surface area contributed by atoms with Gasteiger partial charge >= 0.3 is 0 Å².